The van der Waals surface area contributed by atoms with Crippen molar-refractivity contribution in [1.82, 2.24) is 19.2 Å². The largest absolute Gasteiger partial charge is 0.354 e. The van der Waals surface area contributed by atoms with Gasteiger partial charge in [0, 0.05) is 58.3 Å². The zero-order valence-electron chi connectivity index (χ0n) is 19.9. The van der Waals surface area contributed by atoms with E-state index < -0.39 is 0 Å². The molecule has 7 nitrogen and oxygen atoms in total. The number of aromatic nitrogens is 2. The van der Waals surface area contributed by atoms with Crippen molar-refractivity contribution in [3.05, 3.63) is 76.9 Å². The van der Waals surface area contributed by atoms with Gasteiger partial charge in [-0.15, -0.1) is 0 Å². The molecule has 0 radical (unpaired) electrons. The van der Waals surface area contributed by atoms with E-state index in [9.17, 15) is 10.1 Å². The summed E-state index contributed by atoms with van der Waals surface area (Å²) in [5.74, 6) is 1.25. The van der Waals surface area contributed by atoms with Crippen molar-refractivity contribution in [2.24, 2.45) is 0 Å². The fraction of sp³-hybridized carbons (Fsp3) is 0.321. The summed E-state index contributed by atoms with van der Waals surface area (Å²) in [4.78, 5) is 23.7. The van der Waals surface area contributed by atoms with Crippen LogP contribution in [0, 0.1) is 11.3 Å². The summed E-state index contributed by atoms with van der Waals surface area (Å²) in [6.07, 6.45) is 0.825. The molecule has 2 aliphatic rings. The molecule has 0 spiro atoms. The Labute approximate surface area is 204 Å². The number of carbonyl (C=O) groups is 1. The number of amides is 1. The van der Waals surface area contributed by atoms with Gasteiger partial charge in [0.25, 0.3) is 0 Å². The van der Waals surface area contributed by atoms with E-state index in [0.29, 0.717) is 18.7 Å². The monoisotopic (exact) mass is 464 g/mol. The van der Waals surface area contributed by atoms with Crippen molar-refractivity contribution >= 4 is 28.4 Å². The molecule has 4 aromatic rings. The first-order valence-corrected chi connectivity index (χ1v) is 12.3. The molecule has 0 N–H and O–H groups in total. The Kier molecular flexibility index (Phi) is 5.39. The predicted octanol–water partition coefficient (Wildman–Crippen LogP) is 3.59. The number of carbonyl (C=O) groups excluding carboxylic acids is 1. The average Bonchev–Trinajstić information content (AvgIpc) is 3.27. The number of fused-ring (bicyclic) bond motifs is 4. The molecule has 2 aliphatic heterocycles. The van der Waals surface area contributed by atoms with Crippen LogP contribution in [0.5, 0.6) is 0 Å². The first-order chi connectivity index (χ1) is 17.1. The quantitative estimate of drug-likeness (QED) is 0.464. The highest BCUT2D eigenvalue weighted by Gasteiger charge is 2.31. The van der Waals surface area contributed by atoms with Crippen LogP contribution >= 0.6 is 0 Å². The Morgan fingerprint density at radius 1 is 0.971 bits per heavy atom. The summed E-state index contributed by atoms with van der Waals surface area (Å²) in [7, 11) is 0. The van der Waals surface area contributed by atoms with E-state index in [4.69, 9.17) is 4.98 Å². The zero-order chi connectivity index (χ0) is 23.9. The Balaban J connectivity index is 1.51. The van der Waals surface area contributed by atoms with Crippen LogP contribution in [0.15, 0.2) is 54.6 Å². The maximum atomic E-state index is 12.0. The number of hydrogen-bond donors (Lipinski definition) is 0. The fourth-order valence-electron chi connectivity index (χ4n) is 5.64. The number of benzene rings is 2. The van der Waals surface area contributed by atoms with Crippen LogP contribution in [-0.4, -0.2) is 57.8 Å². The number of anilines is 1. The zero-order valence-corrected chi connectivity index (χ0v) is 19.9. The molecule has 0 aliphatic carbocycles. The minimum atomic E-state index is 0.124. The molecule has 1 fully saturated rings. The first-order valence-electron chi connectivity index (χ1n) is 12.3. The van der Waals surface area contributed by atoms with Crippen molar-refractivity contribution in [1.29, 1.82) is 5.26 Å². The van der Waals surface area contributed by atoms with Gasteiger partial charge in [-0.25, -0.2) is 4.98 Å². The van der Waals surface area contributed by atoms with Crippen molar-refractivity contribution in [2.45, 2.75) is 26.4 Å². The summed E-state index contributed by atoms with van der Waals surface area (Å²) < 4.78 is 2.20. The average molecular weight is 465 g/mol. The van der Waals surface area contributed by atoms with Gasteiger partial charge in [-0.3, -0.25) is 14.1 Å². The lowest BCUT2D eigenvalue weighted by atomic mass is 9.95. The standard InChI is InChI=1S/C28H28N6O/c1-20(35)32-13-15-33(16-14-32)28-24-19-31(18-21-7-3-2-4-8-21)12-11-22(24)23(17-29)27-30-25-9-5-6-10-26(25)34(27)28/h2-10H,11-16,18-19H2,1H3. The van der Waals surface area contributed by atoms with Gasteiger partial charge in [0.2, 0.25) is 5.91 Å². The smallest absolute Gasteiger partial charge is 0.219 e. The number of pyridine rings is 1. The number of piperazine rings is 1. The normalized spacial score (nSPS) is 16.5. The molecule has 7 heteroatoms. The molecule has 35 heavy (non-hydrogen) atoms. The van der Waals surface area contributed by atoms with Gasteiger partial charge in [-0.2, -0.15) is 5.26 Å². The number of nitriles is 1. The van der Waals surface area contributed by atoms with Crippen LogP contribution in [0.25, 0.3) is 16.7 Å². The topological polar surface area (TPSA) is 67.9 Å². The Morgan fingerprint density at radius 3 is 2.46 bits per heavy atom. The van der Waals surface area contributed by atoms with Gasteiger partial charge < -0.3 is 9.80 Å². The van der Waals surface area contributed by atoms with Gasteiger partial charge in [-0.05, 0) is 29.7 Å². The van der Waals surface area contributed by atoms with E-state index in [-0.39, 0.29) is 5.91 Å². The first kappa shape index (κ1) is 21.6. The van der Waals surface area contributed by atoms with E-state index in [1.165, 1.54) is 11.1 Å². The third kappa shape index (κ3) is 3.71. The molecule has 4 heterocycles. The summed E-state index contributed by atoms with van der Waals surface area (Å²) in [6.45, 7) is 7.13. The van der Waals surface area contributed by atoms with E-state index in [1.54, 1.807) is 6.92 Å². The maximum Gasteiger partial charge on any atom is 0.219 e. The summed E-state index contributed by atoms with van der Waals surface area (Å²) in [5, 5.41) is 10.2. The van der Waals surface area contributed by atoms with Crippen LogP contribution in [0.4, 0.5) is 5.82 Å². The SMILES string of the molecule is CC(=O)N1CCN(c2c3c(c(C#N)c4nc5ccccc5n24)CCN(Cc2ccccc2)C3)CC1. The molecule has 0 bridgehead atoms. The minimum absolute atomic E-state index is 0.124. The lowest BCUT2D eigenvalue weighted by Gasteiger charge is -2.39. The van der Waals surface area contributed by atoms with Gasteiger partial charge >= 0.3 is 0 Å². The van der Waals surface area contributed by atoms with Crippen LogP contribution in [0.2, 0.25) is 0 Å². The molecule has 1 amide bonds. The van der Waals surface area contributed by atoms with E-state index in [0.717, 1.165) is 67.2 Å². The minimum Gasteiger partial charge on any atom is -0.354 e. The van der Waals surface area contributed by atoms with Crippen LogP contribution in [0.3, 0.4) is 0 Å². The van der Waals surface area contributed by atoms with Crippen molar-refractivity contribution in [2.75, 3.05) is 37.6 Å². The number of nitrogens with zero attached hydrogens (tertiary/aromatic N) is 6. The van der Waals surface area contributed by atoms with E-state index in [2.05, 4.69) is 50.6 Å². The number of rotatable bonds is 3. The highest BCUT2D eigenvalue weighted by Crippen LogP contribution is 2.37. The molecule has 2 aromatic heterocycles. The fourth-order valence-corrected chi connectivity index (χ4v) is 5.64. The molecule has 6 rings (SSSR count). The maximum absolute atomic E-state index is 12.0. The van der Waals surface area contributed by atoms with E-state index >= 15 is 0 Å². The molecular formula is C28H28N6O. The summed E-state index contributed by atoms with van der Waals surface area (Å²) in [6, 6.07) is 21.2. The van der Waals surface area contributed by atoms with Crippen LogP contribution in [0.1, 0.15) is 29.2 Å². The number of hydrogen-bond acceptors (Lipinski definition) is 5. The summed E-state index contributed by atoms with van der Waals surface area (Å²) in [5.41, 5.74) is 7.00. The van der Waals surface area contributed by atoms with Gasteiger partial charge in [0.15, 0.2) is 5.65 Å². The highest BCUT2D eigenvalue weighted by molar-refractivity contribution is 5.86. The molecule has 0 atom stereocenters. The lowest BCUT2D eigenvalue weighted by Crippen LogP contribution is -2.49. The second-order valence-corrected chi connectivity index (χ2v) is 9.47. The van der Waals surface area contributed by atoms with Gasteiger partial charge in [0.05, 0.1) is 16.6 Å². The molecular weight excluding hydrogens is 436 g/mol. The molecule has 176 valence electrons. The molecule has 2 aromatic carbocycles. The molecule has 0 unspecified atom stereocenters. The molecule has 0 saturated carbocycles. The van der Waals surface area contributed by atoms with Crippen molar-refractivity contribution in [3.63, 3.8) is 0 Å². The predicted molar refractivity (Wildman–Crippen MR) is 136 cm³/mol. The van der Waals surface area contributed by atoms with Crippen LogP contribution < -0.4 is 4.90 Å². The Bertz CT molecular complexity index is 1460. The highest BCUT2D eigenvalue weighted by atomic mass is 16.2. The van der Waals surface area contributed by atoms with Gasteiger partial charge in [0.1, 0.15) is 11.9 Å². The Hall–Kier alpha value is -3.89. The third-order valence-corrected chi connectivity index (χ3v) is 7.38. The van der Waals surface area contributed by atoms with E-state index in [1.807, 2.05) is 29.2 Å². The van der Waals surface area contributed by atoms with Crippen molar-refractivity contribution < 1.29 is 4.79 Å². The lowest BCUT2D eigenvalue weighted by molar-refractivity contribution is -0.129. The van der Waals surface area contributed by atoms with Crippen LogP contribution in [-0.2, 0) is 24.3 Å². The number of para-hydroxylation sites is 2. The van der Waals surface area contributed by atoms with Crippen molar-refractivity contribution in [3.8, 4) is 6.07 Å². The second kappa shape index (κ2) is 8.71. The third-order valence-electron chi connectivity index (χ3n) is 7.38. The summed E-state index contributed by atoms with van der Waals surface area (Å²) >= 11 is 0. The Morgan fingerprint density at radius 2 is 1.71 bits per heavy atom. The molecule has 1 saturated heterocycles. The second-order valence-electron chi connectivity index (χ2n) is 9.47. The number of imidazole rings is 1. The van der Waals surface area contributed by atoms with Gasteiger partial charge in [-0.1, -0.05) is 42.5 Å².